The minimum absolute atomic E-state index is 0.0393. The van der Waals surface area contributed by atoms with Crippen molar-refractivity contribution < 1.29 is 18.7 Å². The number of methoxy groups -OCH3 is 1. The zero-order valence-electron chi connectivity index (χ0n) is 9.54. The van der Waals surface area contributed by atoms with Gasteiger partial charge in [0, 0.05) is 6.42 Å². The molecule has 0 radical (unpaired) electrons. The quantitative estimate of drug-likeness (QED) is 0.785. The molecule has 90 valence electrons. The molecule has 5 heteroatoms. The van der Waals surface area contributed by atoms with E-state index in [0.717, 1.165) is 0 Å². The summed E-state index contributed by atoms with van der Waals surface area (Å²) in [5, 5.41) is 2.22. The first-order valence-corrected chi connectivity index (χ1v) is 5.15. The summed E-state index contributed by atoms with van der Waals surface area (Å²) in [6.45, 7) is 1.62. The van der Waals surface area contributed by atoms with Crippen LogP contribution in [0.3, 0.4) is 0 Å². The van der Waals surface area contributed by atoms with E-state index in [1.807, 2.05) is 0 Å². The summed E-state index contributed by atoms with van der Waals surface area (Å²) in [5.41, 5.74) is -0.524. The first-order chi connectivity index (χ1) is 7.97. The monoisotopic (exact) mass is 237 g/mol. The fourth-order valence-corrected chi connectivity index (χ4v) is 1.95. The smallest absolute Gasteiger partial charge is 0.237 e. The standard InChI is InChI=1S/C12H12FNO3/c1-12(6-10(15)14-11(12)16)7-3-4-9(17-2)8(13)5-7/h3-5H,6H2,1-2H3,(H,14,15,16). The zero-order chi connectivity index (χ0) is 12.6. The number of amides is 2. The molecule has 2 rings (SSSR count). The van der Waals surface area contributed by atoms with Crippen molar-refractivity contribution in [3.8, 4) is 5.75 Å². The molecule has 1 atom stereocenters. The van der Waals surface area contributed by atoms with Crippen LogP contribution in [0.4, 0.5) is 4.39 Å². The Morgan fingerprint density at radius 2 is 2.12 bits per heavy atom. The third kappa shape index (κ3) is 1.77. The molecule has 0 saturated carbocycles. The van der Waals surface area contributed by atoms with Crippen LogP contribution in [0.25, 0.3) is 0 Å². The average molecular weight is 237 g/mol. The molecule has 0 aliphatic carbocycles. The van der Waals surface area contributed by atoms with Gasteiger partial charge in [-0.2, -0.15) is 0 Å². The van der Waals surface area contributed by atoms with E-state index >= 15 is 0 Å². The van der Waals surface area contributed by atoms with Gasteiger partial charge in [0.15, 0.2) is 11.6 Å². The van der Waals surface area contributed by atoms with Gasteiger partial charge in [-0.05, 0) is 24.6 Å². The Kier molecular flexibility index (Phi) is 2.61. The normalized spacial score (nSPS) is 23.7. The van der Waals surface area contributed by atoms with Gasteiger partial charge < -0.3 is 4.74 Å². The predicted octanol–water partition coefficient (Wildman–Crippen LogP) is 1.14. The van der Waals surface area contributed by atoms with Gasteiger partial charge in [0.25, 0.3) is 0 Å². The Labute approximate surface area is 97.8 Å². The van der Waals surface area contributed by atoms with Crippen molar-refractivity contribution in [3.05, 3.63) is 29.6 Å². The Morgan fingerprint density at radius 1 is 1.41 bits per heavy atom. The second-order valence-electron chi connectivity index (χ2n) is 4.24. The molecule has 1 aliphatic heterocycles. The lowest BCUT2D eigenvalue weighted by molar-refractivity contribution is -0.126. The van der Waals surface area contributed by atoms with Crippen LogP contribution in [0.1, 0.15) is 18.9 Å². The number of carbonyl (C=O) groups is 2. The average Bonchev–Trinajstić information content (AvgIpc) is 2.53. The molecule has 1 saturated heterocycles. The second kappa shape index (κ2) is 3.84. The fraction of sp³-hybridized carbons (Fsp3) is 0.333. The topological polar surface area (TPSA) is 55.4 Å². The summed E-state index contributed by atoms with van der Waals surface area (Å²) < 4.78 is 18.4. The lowest BCUT2D eigenvalue weighted by Gasteiger charge is -2.20. The summed E-state index contributed by atoms with van der Waals surface area (Å²) in [6.07, 6.45) is 0.0393. The Morgan fingerprint density at radius 3 is 2.59 bits per heavy atom. The molecule has 1 N–H and O–H groups in total. The summed E-state index contributed by atoms with van der Waals surface area (Å²) in [5.74, 6) is -1.17. The zero-order valence-corrected chi connectivity index (χ0v) is 9.54. The SMILES string of the molecule is COc1ccc(C2(C)CC(=O)NC2=O)cc1F. The molecule has 1 aromatic carbocycles. The number of rotatable bonds is 2. The summed E-state index contributed by atoms with van der Waals surface area (Å²) >= 11 is 0. The Hall–Kier alpha value is -1.91. The predicted molar refractivity (Wildman–Crippen MR) is 58.1 cm³/mol. The molecule has 17 heavy (non-hydrogen) atoms. The number of ether oxygens (including phenoxy) is 1. The Bertz CT molecular complexity index is 501. The molecule has 0 aromatic heterocycles. The number of nitrogens with one attached hydrogen (secondary N) is 1. The van der Waals surface area contributed by atoms with Gasteiger partial charge in [-0.1, -0.05) is 6.07 Å². The van der Waals surface area contributed by atoms with Crippen molar-refractivity contribution in [3.63, 3.8) is 0 Å². The number of halogens is 1. The fourth-order valence-electron chi connectivity index (χ4n) is 1.95. The molecule has 1 fully saturated rings. The van der Waals surface area contributed by atoms with Crippen molar-refractivity contribution in [1.82, 2.24) is 5.32 Å². The van der Waals surface area contributed by atoms with Crippen LogP contribution in [0.5, 0.6) is 5.75 Å². The highest BCUT2D eigenvalue weighted by atomic mass is 19.1. The van der Waals surface area contributed by atoms with Crippen LogP contribution in [-0.4, -0.2) is 18.9 Å². The van der Waals surface area contributed by atoms with E-state index < -0.39 is 17.1 Å². The Balaban J connectivity index is 2.44. The van der Waals surface area contributed by atoms with Crippen molar-refractivity contribution in [2.45, 2.75) is 18.8 Å². The van der Waals surface area contributed by atoms with Gasteiger partial charge in [-0.25, -0.2) is 4.39 Å². The molecule has 1 unspecified atom stereocenters. The maximum absolute atomic E-state index is 13.6. The highest BCUT2D eigenvalue weighted by Gasteiger charge is 2.44. The second-order valence-corrected chi connectivity index (χ2v) is 4.24. The van der Waals surface area contributed by atoms with Crippen LogP contribution in [0, 0.1) is 5.82 Å². The maximum Gasteiger partial charge on any atom is 0.237 e. The molecule has 1 aromatic rings. The largest absolute Gasteiger partial charge is 0.494 e. The van der Waals surface area contributed by atoms with Crippen molar-refractivity contribution in [2.24, 2.45) is 0 Å². The van der Waals surface area contributed by atoms with Crippen molar-refractivity contribution in [1.29, 1.82) is 0 Å². The van der Waals surface area contributed by atoms with E-state index in [9.17, 15) is 14.0 Å². The van der Waals surface area contributed by atoms with Crippen molar-refractivity contribution >= 4 is 11.8 Å². The molecule has 0 spiro atoms. The number of carbonyl (C=O) groups excluding carboxylic acids is 2. The maximum atomic E-state index is 13.6. The lowest BCUT2D eigenvalue weighted by Crippen LogP contribution is -2.32. The van der Waals surface area contributed by atoms with Gasteiger partial charge in [0.2, 0.25) is 11.8 Å². The van der Waals surface area contributed by atoms with Crippen molar-refractivity contribution in [2.75, 3.05) is 7.11 Å². The summed E-state index contributed by atoms with van der Waals surface area (Å²) in [7, 11) is 1.37. The van der Waals surface area contributed by atoms with Gasteiger partial charge in [-0.3, -0.25) is 14.9 Å². The van der Waals surface area contributed by atoms with Crippen LogP contribution in [-0.2, 0) is 15.0 Å². The summed E-state index contributed by atoms with van der Waals surface area (Å²) in [4.78, 5) is 22.9. The highest BCUT2D eigenvalue weighted by Crippen LogP contribution is 2.33. The minimum Gasteiger partial charge on any atom is -0.494 e. The molecule has 2 amide bonds. The van der Waals surface area contributed by atoms with E-state index in [1.54, 1.807) is 13.0 Å². The highest BCUT2D eigenvalue weighted by molar-refractivity contribution is 6.08. The van der Waals surface area contributed by atoms with E-state index in [1.165, 1.54) is 19.2 Å². The van der Waals surface area contributed by atoms with E-state index in [-0.39, 0.29) is 18.1 Å². The van der Waals surface area contributed by atoms with E-state index in [2.05, 4.69) is 5.32 Å². The molecule has 4 nitrogen and oxygen atoms in total. The molecular weight excluding hydrogens is 225 g/mol. The lowest BCUT2D eigenvalue weighted by atomic mass is 9.81. The van der Waals surface area contributed by atoms with Gasteiger partial charge in [0.05, 0.1) is 12.5 Å². The van der Waals surface area contributed by atoms with Crippen LogP contribution in [0.15, 0.2) is 18.2 Å². The van der Waals surface area contributed by atoms with E-state index in [4.69, 9.17) is 4.74 Å². The number of hydrogen-bond acceptors (Lipinski definition) is 3. The van der Waals surface area contributed by atoms with E-state index in [0.29, 0.717) is 5.56 Å². The van der Waals surface area contributed by atoms with Gasteiger partial charge >= 0.3 is 0 Å². The molecule has 0 bridgehead atoms. The van der Waals surface area contributed by atoms with Gasteiger partial charge in [0.1, 0.15) is 0 Å². The van der Waals surface area contributed by atoms with Gasteiger partial charge in [-0.15, -0.1) is 0 Å². The van der Waals surface area contributed by atoms with Crippen LogP contribution in [0.2, 0.25) is 0 Å². The number of imide groups is 1. The first-order valence-electron chi connectivity index (χ1n) is 5.15. The third-order valence-electron chi connectivity index (χ3n) is 3.06. The number of benzene rings is 1. The third-order valence-corrected chi connectivity index (χ3v) is 3.06. The van der Waals surface area contributed by atoms with Crippen LogP contribution >= 0.6 is 0 Å². The summed E-state index contributed by atoms with van der Waals surface area (Å²) in [6, 6.07) is 4.28. The molecule has 1 aliphatic rings. The minimum atomic E-state index is -0.996. The first kappa shape index (κ1) is 11.6. The number of hydrogen-bond donors (Lipinski definition) is 1. The van der Waals surface area contributed by atoms with Crippen LogP contribution < -0.4 is 10.1 Å². The molecular formula is C12H12FNO3. The molecule has 1 heterocycles.